The molecule has 0 fully saturated rings. The Morgan fingerprint density at radius 1 is 0.882 bits per heavy atom. The number of nitrogens with zero attached hydrogens (tertiary/aromatic N) is 1. The summed E-state index contributed by atoms with van der Waals surface area (Å²) in [5.41, 5.74) is 0.373. The Hall–Kier alpha value is -0.339. The predicted octanol–water partition coefficient (Wildman–Crippen LogP) is 5.40. The molecule has 0 aromatic carbocycles. The van der Waals surface area contributed by atoms with E-state index in [-0.39, 0.29) is 0 Å². The van der Waals surface area contributed by atoms with Crippen LogP contribution in [-0.4, -0.2) is 89.2 Å². The van der Waals surface area contributed by atoms with Crippen LogP contribution in [0.2, 0.25) is 51.4 Å². The summed E-state index contributed by atoms with van der Waals surface area (Å²) >= 11 is 0. The number of hydrogen-bond donors (Lipinski definition) is 0. The van der Waals surface area contributed by atoms with Crippen molar-refractivity contribution in [3.8, 4) is 0 Å². The van der Waals surface area contributed by atoms with Crippen molar-refractivity contribution in [3.05, 3.63) is 12.2 Å². The smallest absolute Gasteiger partial charge is 0.333 e. The summed E-state index contributed by atoms with van der Waals surface area (Å²) in [7, 11) is -1.75. The maximum absolute atomic E-state index is 11.9. The van der Waals surface area contributed by atoms with E-state index in [0.29, 0.717) is 32.0 Å². The number of unbranched alkanes of at least 4 members (excludes halogenated alkanes) is 1. The van der Waals surface area contributed by atoms with Crippen LogP contribution in [0.25, 0.3) is 0 Å². The third kappa shape index (κ3) is 18.0. The number of ether oxygens (including phenoxy) is 3. The fraction of sp³-hybridized carbons (Fsp3) is 0.875. The van der Waals surface area contributed by atoms with Crippen molar-refractivity contribution in [3.63, 3.8) is 0 Å². The lowest BCUT2D eigenvalue weighted by atomic mass is 10.3. The third-order valence-electron chi connectivity index (χ3n) is 5.16. The van der Waals surface area contributed by atoms with Crippen molar-refractivity contribution in [2.75, 3.05) is 47.1 Å². The van der Waals surface area contributed by atoms with Crippen LogP contribution in [0.1, 0.15) is 33.1 Å². The average Bonchev–Trinajstić information content (AvgIpc) is 2.66. The van der Waals surface area contributed by atoms with Gasteiger partial charge in [-0.15, -0.1) is 0 Å². The van der Waals surface area contributed by atoms with Crippen LogP contribution in [0, 0.1) is 0 Å². The van der Waals surface area contributed by atoms with Crippen LogP contribution >= 0.6 is 0 Å². The van der Waals surface area contributed by atoms with E-state index < -0.39 is 37.3 Å². The number of rotatable bonds is 20. The van der Waals surface area contributed by atoms with E-state index in [4.69, 9.17) is 22.4 Å². The van der Waals surface area contributed by atoms with E-state index in [1.54, 1.807) is 6.92 Å². The molecular formula is C24H53NO6Si3. The van der Waals surface area contributed by atoms with Gasteiger partial charge in [0.25, 0.3) is 0 Å². The number of carbonyl (C=O) groups excluding carboxylic acids is 1. The molecule has 34 heavy (non-hydrogen) atoms. The second kappa shape index (κ2) is 16.4. The van der Waals surface area contributed by atoms with E-state index in [1.807, 2.05) is 19.0 Å². The van der Waals surface area contributed by atoms with Gasteiger partial charge in [-0.3, -0.25) is 0 Å². The minimum Gasteiger partial charge on any atom is -0.454 e. The lowest BCUT2D eigenvalue weighted by Crippen LogP contribution is -2.52. The standard InChI is InChI=1S/C24H53NO6Si3/c1-12-13-18-32(6,7)30-34(10,11)31-33(8,9)19-14-16-27-20-23(29-24(26)22(2)3)21-28-17-15-25(4)5/h23H,2,12-21H2,1,3-11H3. The molecule has 0 radical (unpaired) electrons. The maximum atomic E-state index is 11.9. The molecule has 0 saturated carbocycles. The van der Waals surface area contributed by atoms with Gasteiger partial charge in [-0.2, -0.15) is 0 Å². The maximum Gasteiger partial charge on any atom is 0.333 e. The molecule has 0 saturated heterocycles. The number of carbonyl (C=O) groups is 1. The molecule has 0 rings (SSSR count). The molecule has 10 heteroatoms. The Labute approximate surface area is 213 Å². The topological polar surface area (TPSA) is 66.5 Å². The second-order valence-corrected chi connectivity index (χ2v) is 23.6. The largest absolute Gasteiger partial charge is 0.454 e. The van der Waals surface area contributed by atoms with Crippen molar-refractivity contribution in [2.45, 2.75) is 90.6 Å². The van der Waals surface area contributed by atoms with E-state index >= 15 is 0 Å². The normalized spacial score (nSPS) is 13.9. The van der Waals surface area contributed by atoms with Gasteiger partial charge < -0.3 is 27.3 Å². The van der Waals surface area contributed by atoms with E-state index in [0.717, 1.165) is 19.0 Å². The van der Waals surface area contributed by atoms with Gasteiger partial charge in [0.2, 0.25) is 0 Å². The monoisotopic (exact) mass is 535 g/mol. The zero-order valence-electron chi connectivity index (χ0n) is 23.8. The van der Waals surface area contributed by atoms with Crippen LogP contribution in [0.15, 0.2) is 12.2 Å². The SMILES string of the molecule is C=C(C)C(=O)OC(COCCC[Si](C)(C)O[Si](C)(C)O[Si](C)(C)CCCC)COCCN(C)C. The van der Waals surface area contributed by atoms with Gasteiger partial charge in [0.05, 0.1) is 19.8 Å². The van der Waals surface area contributed by atoms with Gasteiger partial charge in [-0.1, -0.05) is 26.3 Å². The molecule has 0 N–H and O–H groups in total. The Morgan fingerprint density at radius 2 is 1.38 bits per heavy atom. The molecule has 0 bridgehead atoms. The summed E-state index contributed by atoms with van der Waals surface area (Å²) < 4.78 is 30.3. The molecule has 0 heterocycles. The summed E-state index contributed by atoms with van der Waals surface area (Å²) in [4.78, 5) is 14.0. The quantitative estimate of drug-likeness (QED) is 0.0894. The van der Waals surface area contributed by atoms with Crippen LogP contribution in [0.4, 0.5) is 0 Å². The molecule has 0 amide bonds. The number of likely N-dealkylation sites (N-methyl/N-ethyl adjacent to an activating group) is 1. The van der Waals surface area contributed by atoms with Gasteiger partial charge in [0.15, 0.2) is 16.6 Å². The van der Waals surface area contributed by atoms with Crippen molar-refractivity contribution >= 4 is 31.2 Å². The predicted molar refractivity (Wildman–Crippen MR) is 149 cm³/mol. The van der Waals surface area contributed by atoms with Gasteiger partial charge in [-0.05, 0) is 78.8 Å². The first-order valence-electron chi connectivity index (χ1n) is 12.7. The first kappa shape index (κ1) is 33.7. The first-order valence-corrected chi connectivity index (χ1v) is 21.7. The van der Waals surface area contributed by atoms with Crippen LogP contribution < -0.4 is 0 Å². The Balaban J connectivity index is 4.52. The lowest BCUT2D eigenvalue weighted by molar-refractivity contribution is -0.151. The Bertz CT molecular complexity index is 599. The molecule has 1 atom stereocenters. The molecule has 202 valence electrons. The van der Waals surface area contributed by atoms with Crippen molar-refractivity contribution in [1.29, 1.82) is 0 Å². The number of hydrogen-bond acceptors (Lipinski definition) is 7. The number of esters is 1. The third-order valence-corrected chi connectivity index (χ3v) is 16.6. The molecule has 0 aromatic heterocycles. The lowest BCUT2D eigenvalue weighted by Gasteiger charge is -2.38. The summed E-state index contributed by atoms with van der Waals surface area (Å²) in [6.07, 6.45) is 2.90. The van der Waals surface area contributed by atoms with Crippen LogP contribution in [0.3, 0.4) is 0 Å². The van der Waals surface area contributed by atoms with Crippen LogP contribution in [-0.2, 0) is 27.2 Å². The van der Waals surface area contributed by atoms with Crippen LogP contribution in [0.5, 0.6) is 0 Å². The van der Waals surface area contributed by atoms with E-state index in [9.17, 15) is 4.79 Å². The molecular weight excluding hydrogens is 483 g/mol. The highest BCUT2D eigenvalue weighted by Crippen LogP contribution is 2.26. The van der Waals surface area contributed by atoms with Crippen molar-refractivity contribution < 1.29 is 27.2 Å². The van der Waals surface area contributed by atoms with Gasteiger partial charge in [-0.25, -0.2) is 4.79 Å². The summed E-state index contributed by atoms with van der Waals surface area (Å²) in [6.45, 7) is 23.7. The molecule has 0 spiro atoms. The minimum absolute atomic E-state index is 0.310. The molecule has 0 aliphatic rings. The summed E-state index contributed by atoms with van der Waals surface area (Å²) in [5, 5.41) is 0. The van der Waals surface area contributed by atoms with Gasteiger partial charge in [0.1, 0.15) is 6.10 Å². The van der Waals surface area contributed by atoms with E-state index in [2.05, 4.69) is 52.8 Å². The minimum atomic E-state index is -2.17. The van der Waals surface area contributed by atoms with Gasteiger partial charge in [0, 0.05) is 18.7 Å². The highest BCUT2D eigenvalue weighted by Gasteiger charge is 2.39. The highest BCUT2D eigenvalue weighted by molar-refractivity contribution is 6.87. The fourth-order valence-electron chi connectivity index (χ4n) is 3.70. The Kier molecular flexibility index (Phi) is 16.3. The zero-order chi connectivity index (χ0) is 26.4. The van der Waals surface area contributed by atoms with Crippen molar-refractivity contribution in [2.24, 2.45) is 0 Å². The molecule has 0 aliphatic carbocycles. The zero-order valence-corrected chi connectivity index (χ0v) is 26.8. The molecule has 7 nitrogen and oxygen atoms in total. The first-order chi connectivity index (χ1) is 15.6. The summed E-state index contributed by atoms with van der Waals surface area (Å²) in [5.74, 6) is -0.413. The fourth-order valence-corrected chi connectivity index (χ4v) is 17.9. The summed E-state index contributed by atoms with van der Waals surface area (Å²) in [6, 6.07) is 2.19. The highest BCUT2D eigenvalue weighted by atomic mass is 28.5. The molecule has 0 aliphatic heterocycles. The molecule has 0 aromatic rings. The Morgan fingerprint density at radius 3 is 1.85 bits per heavy atom. The molecule has 1 unspecified atom stereocenters. The second-order valence-electron chi connectivity index (χ2n) is 11.1. The van der Waals surface area contributed by atoms with Gasteiger partial charge >= 0.3 is 14.5 Å². The van der Waals surface area contributed by atoms with Crippen molar-refractivity contribution in [1.82, 2.24) is 4.90 Å². The average molecular weight is 536 g/mol. The van der Waals surface area contributed by atoms with E-state index in [1.165, 1.54) is 18.9 Å².